The van der Waals surface area contributed by atoms with Crippen molar-refractivity contribution in [2.45, 2.75) is 0 Å². The normalized spacial score (nSPS) is 10.8. The molecule has 0 aliphatic heterocycles. The van der Waals surface area contributed by atoms with Crippen molar-refractivity contribution in [2.75, 3.05) is 12.4 Å². The van der Waals surface area contributed by atoms with Gasteiger partial charge in [-0.05, 0) is 17.7 Å². The van der Waals surface area contributed by atoms with Crippen LogP contribution in [0.2, 0.25) is 10.4 Å². The molecular weight excluding hydrogens is 303 g/mol. The van der Waals surface area contributed by atoms with Gasteiger partial charge >= 0.3 is 0 Å². The summed E-state index contributed by atoms with van der Waals surface area (Å²) in [5.74, 6) is 0.851. The lowest BCUT2D eigenvalue weighted by molar-refractivity contribution is 0.415. The lowest BCUT2D eigenvalue weighted by Crippen LogP contribution is -2.03. The number of aromatic nitrogens is 5. The van der Waals surface area contributed by atoms with E-state index in [2.05, 4.69) is 25.4 Å². The number of nitrogens with zero attached hydrogens (tertiary/aromatic N) is 5. The van der Waals surface area contributed by atoms with Crippen LogP contribution in [0, 0.1) is 0 Å². The van der Waals surface area contributed by atoms with E-state index in [0.717, 1.165) is 0 Å². The van der Waals surface area contributed by atoms with Crippen molar-refractivity contribution in [3.8, 4) is 5.75 Å². The van der Waals surface area contributed by atoms with E-state index in [1.807, 2.05) is 0 Å². The molecule has 102 valence electrons. The maximum Gasteiger partial charge on any atom is 0.243 e. The highest BCUT2D eigenvalue weighted by molar-refractivity contribution is 6.31. The van der Waals surface area contributed by atoms with Crippen molar-refractivity contribution in [2.24, 2.45) is 0 Å². The average molecular weight is 311 g/mol. The first kappa shape index (κ1) is 12.9. The number of hydrogen-bond acceptors (Lipinski definition) is 6. The standard InChI is InChI=1S/C11H8Cl2N6O/c1-20-7-6(2-3-14-8(7)12)16-9-10-15-4-5-19(10)18-11(13)17-9/h2-5H,1H3,(H,14,16,17,18). The van der Waals surface area contributed by atoms with E-state index in [4.69, 9.17) is 27.9 Å². The summed E-state index contributed by atoms with van der Waals surface area (Å²) in [5.41, 5.74) is 1.14. The third-order valence-electron chi connectivity index (χ3n) is 2.55. The molecule has 3 rings (SSSR count). The Hall–Kier alpha value is -2.12. The average Bonchev–Trinajstić information content (AvgIpc) is 2.87. The Balaban J connectivity index is 2.10. The first-order chi connectivity index (χ1) is 9.69. The molecule has 0 saturated heterocycles. The van der Waals surface area contributed by atoms with Gasteiger partial charge in [-0.15, -0.1) is 5.10 Å². The quantitative estimate of drug-likeness (QED) is 0.749. The van der Waals surface area contributed by atoms with Crippen molar-refractivity contribution in [3.05, 3.63) is 35.1 Å². The molecule has 0 fully saturated rings. The summed E-state index contributed by atoms with van der Waals surface area (Å²) < 4.78 is 6.73. The number of nitrogens with one attached hydrogen (secondary N) is 1. The minimum Gasteiger partial charge on any atom is -0.491 e. The Kier molecular flexibility index (Phi) is 3.29. The molecule has 3 aromatic rings. The fourth-order valence-electron chi connectivity index (χ4n) is 1.73. The summed E-state index contributed by atoms with van der Waals surface area (Å²) in [6, 6.07) is 1.71. The van der Waals surface area contributed by atoms with Gasteiger partial charge in [-0.2, -0.15) is 4.98 Å². The zero-order valence-corrected chi connectivity index (χ0v) is 11.7. The Morgan fingerprint density at radius 2 is 2.10 bits per heavy atom. The van der Waals surface area contributed by atoms with Gasteiger partial charge < -0.3 is 10.1 Å². The van der Waals surface area contributed by atoms with Crippen molar-refractivity contribution >= 4 is 40.4 Å². The Labute approximate surface area is 123 Å². The van der Waals surface area contributed by atoms with E-state index in [1.54, 1.807) is 24.7 Å². The number of pyridine rings is 1. The molecule has 7 nitrogen and oxygen atoms in total. The van der Waals surface area contributed by atoms with Gasteiger partial charge in [-0.1, -0.05) is 11.6 Å². The van der Waals surface area contributed by atoms with Crippen LogP contribution in [0.3, 0.4) is 0 Å². The number of fused-ring (bicyclic) bond motifs is 1. The minimum absolute atomic E-state index is 0.0946. The van der Waals surface area contributed by atoms with Crippen LogP contribution in [0.4, 0.5) is 11.5 Å². The molecule has 0 bridgehead atoms. The highest BCUT2D eigenvalue weighted by atomic mass is 35.5. The molecule has 0 aromatic carbocycles. The van der Waals surface area contributed by atoms with Crippen LogP contribution in [-0.2, 0) is 0 Å². The minimum atomic E-state index is 0.0946. The molecule has 9 heteroatoms. The van der Waals surface area contributed by atoms with Crippen LogP contribution in [0.5, 0.6) is 5.75 Å². The number of hydrogen-bond donors (Lipinski definition) is 1. The molecule has 0 unspecified atom stereocenters. The van der Waals surface area contributed by atoms with E-state index in [0.29, 0.717) is 22.9 Å². The topological polar surface area (TPSA) is 77.2 Å². The van der Waals surface area contributed by atoms with Crippen molar-refractivity contribution in [1.82, 2.24) is 24.6 Å². The first-order valence-corrected chi connectivity index (χ1v) is 6.27. The molecule has 1 N–H and O–H groups in total. The highest BCUT2D eigenvalue weighted by Crippen LogP contribution is 2.33. The fraction of sp³-hybridized carbons (Fsp3) is 0.0909. The molecular formula is C11H8Cl2N6O. The van der Waals surface area contributed by atoms with Gasteiger partial charge in [0.25, 0.3) is 0 Å². The summed E-state index contributed by atoms with van der Waals surface area (Å²) in [4.78, 5) is 12.2. The Bertz CT molecular complexity index is 775. The Morgan fingerprint density at radius 3 is 2.90 bits per heavy atom. The number of methoxy groups -OCH3 is 1. The van der Waals surface area contributed by atoms with Crippen LogP contribution in [0.25, 0.3) is 5.65 Å². The molecule has 0 amide bonds. The lowest BCUT2D eigenvalue weighted by Gasteiger charge is -2.11. The Morgan fingerprint density at radius 1 is 1.25 bits per heavy atom. The van der Waals surface area contributed by atoms with E-state index >= 15 is 0 Å². The number of halogens is 2. The highest BCUT2D eigenvalue weighted by Gasteiger charge is 2.13. The van der Waals surface area contributed by atoms with Crippen molar-refractivity contribution in [1.29, 1.82) is 0 Å². The number of anilines is 2. The van der Waals surface area contributed by atoms with Gasteiger partial charge in [0.05, 0.1) is 12.8 Å². The molecule has 3 heterocycles. The predicted octanol–water partition coefficient (Wildman–Crippen LogP) is 2.58. The second-order valence-electron chi connectivity index (χ2n) is 3.73. The number of ether oxygens (including phenoxy) is 1. The molecule has 0 spiro atoms. The zero-order chi connectivity index (χ0) is 14.1. The third-order valence-corrected chi connectivity index (χ3v) is 2.98. The van der Waals surface area contributed by atoms with E-state index in [1.165, 1.54) is 11.6 Å². The van der Waals surface area contributed by atoms with E-state index < -0.39 is 0 Å². The molecule has 0 aliphatic rings. The maximum absolute atomic E-state index is 5.97. The molecule has 0 saturated carbocycles. The van der Waals surface area contributed by atoms with Crippen LogP contribution < -0.4 is 10.1 Å². The van der Waals surface area contributed by atoms with Crippen molar-refractivity contribution < 1.29 is 4.74 Å². The van der Waals surface area contributed by atoms with Gasteiger partial charge in [0.2, 0.25) is 5.28 Å². The summed E-state index contributed by atoms with van der Waals surface area (Å²) in [6.07, 6.45) is 4.83. The zero-order valence-electron chi connectivity index (χ0n) is 10.2. The molecule has 3 aromatic heterocycles. The summed E-state index contributed by atoms with van der Waals surface area (Å²) >= 11 is 11.8. The molecule has 0 radical (unpaired) electrons. The summed E-state index contributed by atoms with van der Waals surface area (Å²) in [5, 5.41) is 7.40. The van der Waals surface area contributed by atoms with Gasteiger partial charge in [0, 0.05) is 18.6 Å². The maximum atomic E-state index is 5.97. The molecule has 0 aliphatic carbocycles. The van der Waals surface area contributed by atoms with Gasteiger partial charge in [-0.3, -0.25) is 0 Å². The predicted molar refractivity (Wildman–Crippen MR) is 74.9 cm³/mol. The van der Waals surface area contributed by atoms with E-state index in [9.17, 15) is 0 Å². The van der Waals surface area contributed by atoms with Gasteiger partial charge in [0.1, 0.15) is 0 Å². The molecule has 20 heavy (non-hydrogen) atoms. The van der Waals surface area contributed by atoms with Gasteiger partial charge in [0.15, 0.2) is 22.4 Å². The van der Waals surface area contributed by atoms with E-state index in [-0.39, 0.29) is 10.4 Å². The van der Waals surface area contributed by atoms with Crippen molar-refractivity contribution in [3.63, 3.8) is 0 Å². The van der Waals surface area contributed by atoms with Crippen LogP contribution in [0.1, 0.15) is 0 Å². The van der Waals surface area contributed by atoms with Crippen LogP contribution >= 0.6 is 23.2 Å². The monoisotopic (exact) mass is 310 g/mol. The smallest absolute Gasteiger partial charge is 0.243 e. The SMILES string of the molecule is COc1c(Nc2nc(Cl)nn3ccnc23)ccnc1Cl. The second-order valence-corrected chi connectivity index (χ2v) is 4.43. The fourth-order valence-corrected chi connectivity index (χ4v) is 2.13. The third kappa shape index (κ3) is 2.21. The second kappa shape index (κ2) is 5.10. The largest absolute Gasteiger partial charge is 0.491 e. The summed E-state index contributed by atoms with van der Waals surface area (Å²) in [7, 11) is 1.51. The van der Waals surface area contributed by atoms with Crippen LogP contribution in [0.15, 0.2) is 24.7 Å². The summed E-state index contributed by atoms with van der Waals surface area (Å²) in [6.45, 7) is 0. The van der Waals surface area contributed by atoms with Gasteiger partial charge in [-0.25, -0.2) is 14.5 Å². The lowest BCUT2D eigenvalue weighted by atomic mass is 10.3. The number of imidazole rings is 1. The molecule has 0 atom stereocenters. The first-order valence-electron chi connectivity index (χ1n) is 5.51. The number of rotatable bonds is 3. The van der Waals surface area contributed by atoms with Crippen LogP contribution in [-0.4, -0.2) is 31.7 Å².